The number of hydrogen-bond acceptors (Lipinski definition) is 5. The number of pyridine rings is 1. The standard InChI is InChI=1S/C18H16N2O4/c1-22-13-5-6-15(16(10-13)23-2)20-18(21)14-4-3-8-19-17(14)12-7-9-24-11-12/h3-11H,1-2H3,(H,20,21). The van der Waals surface area contributed by atoms with Gasteiger partial charge in [-0.15, -0.1) is 0 Å². The van der Waals surface area contributed by atoms with Crippen molar-refractivity contribution in [2.75, 3.05) is 19.5 Å². The molecule has 6 nitrogen and oxygen atoms in total. The van der Waals surface area contributed by atoms with Crippen LogP contribution < -0.4 is 14.8 Å². The molecule has 2 aromatic heterocycles. The second-order valence-electron chi connectivity index (χ2n) is 4.93. The number of amides is 1. The van der Waals surface area contributed by atoms with E-state index in [0.29, 0.717) is 28.4 Å². The molecule has 6 heteroatoms. The van der Waals surface area contributed by atoms with Gasteiger partial charge < -0.3 is 19.2 Å². The maximum atomic E-state index is 12.7. The first kappa shape index (κ1) is 15.6. The van der Waals surface area contributed by atoms with Gasteiger partial charge in [0.2, 0.25) is 0 Å². The molecule has 0 radical (unpaired) electrons. The molecule has 0 bridgehead atoms. The zero-order chi connectivity index (χ0) is 16.9. The molecule has 3 rings (SSSR count). The smallest absolute Gasteiger partial charge is 0.257 e. The van der Waals surface area contributed by atoms with Crippen molar-refractivity contribution in [1.29, 1.82) is 0 Å². The van der Waals surface area contributed by atoms with Gasteiger partial charge in [-0.25, -0.2) is 0 Å². The lowest BCUT2D eigenvalue weighted by atomic mass is 10.1. The minimum Gasteiger partial charge on any atom is -0.497 e. The Bertz CT molecular complexity index is 844. The predicted molar refractivity (Wildman–Crippen MR) is 89.4 cm³/mol. The summed E-state index contributed by atoms with van der Waals surface area (Å²) in [6.07, 6.45) is 4.72. The Morgan fingerprint density at radius 3 is 2.75 bits per heavy atom. The van der Waals surface area contributed by atoms with E-state index in [-0.39, 0.29) is 5.91 Å². The zero-order valence-corrected chi connectivity index (χ0v) is 13.3. The van der Waals surface area contributed by atoms with Gasteiger partial charge in [-0.1, -0.05) is 0 Å². The number of ether oxygens (including phenoxy) is 2. The van der Waals surface area contributed by atoms with Crippen molar-refractivity contribution < 1.29 is 18.7 Å². The summed E-state index contributed by atoms with van der Waals surface area (Å²) in [5.41, 5.74) is 2.28. The summed E-state index contributed by atoms with van der Waals surface area (Å²) in [7, 11) is 3.10. The molecule has 1 aromatic carbocycles. The number of benzene rings is 1. The summed E-state index contributed by atoms with van der Waals surface area (Å²) >= 11 is 0. The molecule has 24 heavy (non-hydrogen) atoms. The Morgan fingerprint density at radius 2 is 2.04 bits per heavy atom. The highest BCUT2D eigenvalue weighted by Crippen LogP contribution is 2.30. The molecule has 122 valence electrons. The van der Waals surface area contributed by atoms with Crippen LogP contribution in [-0.4, -0.2) is 25.1 Å². The Labute approximate surface area is 139 Å². The number of anilines is 1. The second kappa shape index (κ2) is 6.87. The van der Waals surface area contributed by atoms with E-state index in [9.17, 15) is 4.79 Å². The fraction of sp³-hybridized carbons (Fsp3) is 0.111. The highest BCUT2D eigenvalue weighted by atomic mass is 16.5. The van der Waals surface area contributed by atoms with E-state index in [2.05, 4.69) is 10.3 Å². The van der Waals surface area contributed by atoms with E-state index in [1.54, 1.807) is 56.0 Å². The van der Waals surface area contributed by atoms with Crippen molar-refractivity contribution >= 4 is 11.6 Å². The molecule has 0 aliphatic heterocycles. The third-order valence-electron chi connectivity index (χ3n) is 3.50. The topological polar surface area (TPSA) is 73.6 Å². The van der Waals surface area contributed by atoms with Gasteiger partial charge in [0.05, 0.1) is 43.7 Å². The molecule has 1 N–H and O–H groups in total. The zero-order valence-electron chi connectivity index (χ0n) is 13.3. The van der Waals surface area contributed by atoms with Crippen LogP contribution in [0.2, 0.25) is 0 Å². The molecule has 0 atom stereocenters. The summed E-state index contributed by atoms with van der Waals surface area (Å²) in [6.45, 7) is 0. The minimum atomic E-state index is -0.289. The molecular weight excluding hydrogens is 308 g/mol. The number of carbonyl (C=O) groups is 1. The van der Waals surface area contributed by atoms with Gasteiger partial charge >= 0.3 is 0 Å². The summed E-state index contributed by atoms with van der Waals surface area (Å²) in [6, 6.07) is 10.4. The van der Waals surface area contributed by atoms with E-state index in [4.69, 9.17) is 13.9 Å². The molecule has 0 aliphatic carbocycles. The SMILES string of the molecule is COc1ccc(NC(=O)c2cccnc2-c2ccoc2)c(OC)c1. The van der Waals surface area contributed by atoms with Gasteiger partial charge in [0, 0.05) is 17.8 Å². The second-order valence-corrected chi connectivity index (χ2v) is 4.93. The van der Waals surface area contributed by atoms with Crippen LogP contribution in [0.25, 0.3) is 11.3 Å². The molecule has 3 aromatic rings. The minimum absolute atomic E-state index is 0.289. The molecule has 1 amide bonds. The number of nitrogens with one attached hydrogen (secondary N) is 1. The number of nitrogens with zero attached hydrogens (tertiary/aromatic N) is 1. The number of carbonyl (C=O) groups excluding carboxylic acids is 1. The van der Waals surface area contributed by atoms with Gasteiger partial charge in [0.1, 0.15) is 11.5 Å². The molecule has 0 saturated heterocycles. The van der Waals surface area contributed by atoms with Crippen molar-refractivity contribution in [1.82, 2.24) is 4.98 Å². The quantitative estimate of drug-likeness (QED) is 0.776. The van der Waals surface area contributed by atoms with Crippen LogP contribution in [0.3, 0.4) is 0 Å². The average Bonchev–Trinajstić information content (AvgIpc) is 3.16. The summed E-state index contributed by atoms with van der Waals surface area (Å²) in [5.74, 6) is 0.865. The van der Waals surface area contributed by atoms with E-state index in [1.165, 1.54) is 13.4 Å². The summed E-state index contributed by atoms with van der Waals surface area (Å²) in [5, 5.41) is 2.84. The molecule has 0 fully saturated rings. The van der Waals surface area contributed by atoms with Crippen LogP contribution in [-0.2, 0) is 0 Å². The average molecular weight is 324 g/mol. The highest BCUT2D eigenvalue weighted by molar-refractivity contribution is 6.08. The Hall–Kier alpha value is -3.28. The Balaban J connectivity index is 1.92. The monoisotopic (exact) mass is 324 g/mol. The maximum Gasteiger partial charge on any atom is 0.257 e. The van der Waals surface area contributed by atoms with Gasteiger partial charge in [-0.2, -0.15) is 0 Å². The van der Waals surface area contributed by atoms with Crippen molar-refractivity contribution in [3.05, 3.63) is 60.7 Å². The van der Waals surface area contributed by atoms with Crippen LogP contribution in [0, 0.1) is 0 Å². The predicted octanol–water partition coefficient (Wildman–Crippen LogP) is 3.61. The molecule has 2 heterocycles. The normalized spacial score (nSPS) is 10.2. The highest BCUT2D eigenvalue weighted by Gasteiger charge is 2.16. The number of methoxy groups -OCH3 is 2. The number of furan rings is 1. The number of rotatable bonds is 5. The first-order valence-electron chi connectivity index (χ1n) is 7.24. The first-order chi connectivity index (χ1) is 11.7. The molecule has 0 spiro atoms. The van der Waals surface area contributed by atoms with Gasteiger partial charge in [0.15, 0.2) is 0 Å². The lowest BCUT2D eigenvalue weighted by Gasteiger charge is -2.12. The van der Waals surface area contributed by atoms with E-state index in [0.717, 1.165) is 5.56 Å². The fourth-order valence-corrected chi connectivity index (χ4v) is 2.31. The third-order valence-corrected chi connectivity index (χ3v) is 3.50. The maximum absolute atomic E-state index is 12.7. The third kappa shape index (κ3) is 3.08. The van der Waals surface area contributed by atoms with Crippen molar-refractivity contribution in [2.24, 2.45) is 0 Å². The Morgan fingerprint density at radius 1 is 1.17 bits per heavy atom. The van der Waals surface area contributed by atoms with Crippen LogP contribution in [0.4, 0.5) is 5.69 Å². The van der Waals surface area contributed by atoms with Crippen LogP contribution in [0.1, 0.15) is 10.4 Å². The molecule has 0 aliphatic rings. The number of aromatic nitrogens is 1. The van der Waals surface area contributed by atoms with E-state index in [1.807, 2.05) is 0 Å². The molecule has 0 unspecified atom stereocenters. The van der Waals surface area contributed by atoms with Crippen LogP contribution in [0.15, 0.2) is 59.5 Å². The lowest BCUT2D eigenvalue weighted by Crippen LogP contribution is -2.14. The molecule has 0 saturated carbocycles. The van der Waals surface area contributed by atoms with Crippen molar-refractivity contribution in [2.45, 2.75) is 0 Å². The van der Waals surface area contributed by atoms with Crippen molar-refractivity contribution in [3.63, 3.8) is 0 Å². The van der Waals surface area contributed by atoms with Crippen LogP contribution in [0.5, 0.6) is 11.5 Å². The first-order valence-corrected chi connectivity index (χ1v) is 7.24. The summed E-state index contributed by atoms with van der Waals surface area (Å²) in [4.78, 5) is 17.0. The van der Waals surface area contributed by atoms with Crippen LogP contribution >= 0.6 is 0 Å². The van der Waals surface area contributed by atoms with E-state index < -0.39 is 0 Å². The fourth-order valence-electron chi connectivity index (χ4n) is 2.31. The summed E-state index contributed by atoms with van der Waals surface area (Å²) < 4.78 is 15.5. The Kier molecular flexibility index (Phi) is 4.47. The van der Waals surface area contributed by atoms with Crippen molar-refractivity contribution in [3.8, 4) is 22.8 Å². The van der Waals surface area contributed by atoms with E-state index >= 15 is 0 Å². The number of hydrogen-bond donors (Lipinski definition) is 1. The largest absolute Gasteiger partial charge is 0.497 e. The van der Waals surface area contributed by atoms with Gasteiger partial charge in [-0.3, -0.25) is 9.78 Å². The van der Waals surface area contributed by atoms with Gasteiger partial charge in [0.25, 0.3) is 5.91 Å². The lowest BCUT2D eigenvalue weighted by molar-refractivity contribution is 0.102. The van der Waals surface area contributed by atoms with Gasteiger partial charge in [-0.05, 0) is 30.3 Å². The molecular formula is C18H16N2O4.